The Morgan fingerprint density at radius 1 is 1.21 bits per heavy atom. The van der Waals surface area contributed by atoms with Gasteiger partial charge in [0.1, 0.15) is 41.4 Å². The molecule has 0 aromatic rings. The van der Waals surface area contributed by atoms with Crippen molar-refractivity contribution < 1.29 is 44.5 Å². The molecule has 0 aromatic heterocycles. The van der Waals surface area contributed by atoms with E-state index >= 15 is 0 Å². The summed E-state index contributed by atoms with van der Waals surface area (Å²) in [4.78, 5) is 12.0. The molecule has 4 unspecified atom stereocenters. The fourth-order valence-electron chi connectivity index (χ4n) is 4.51. The minimum Gasteiger partial charge on any atom is -0.394 e. The standard InChI is InChI=1S/C19H30O9/c1-10(27-16-15(24)14(23)13(22)12(8-20)28-16)4-5-19(25)17(2)6-11(21)7-18(19,3)26-9-17/h4-5,10,12-16,20,22-25H,6-9H2,1-3H3/b5-4+/t10?,12-,13-,14+,15-,16-,17?,18?,19?/m1/s1. The Morgan fingerprint density at radius 2 is 1.89 bits per heavy atom. The summed E-state index contributed by atoms with van der Waals surface area (Å²) >= 11 is 0. The third-order valence-electron chi connectivity index (χ3n) is 6.36. The Bertz CT molecular complexity index is 613. The normalized spacial score (nSPS) is 50.3. The maximum absolute atomic E-state index is 12.0. The lowest BCUT2D eigenvalue weighted by molar-refractivity contribution is -0.306. The van der Waals surface area contributed by atoms with Crippen molar-refractivity contribution in [1.29, 1.82) is 0 Å². The SMILES string of the molecule is CC(/C=C/C1(O)C2(C)COC1(C)CC(=O)C2)O[C@@H]1O[C@H](CO)[C@@H](O)[C@H](O)[C@H]1O. The lowest BCUT2D eigenvalue weighted by atomic mass is 9.59. The molecule has 1 saturated carbocycles. The van der Waals surface area contributed by atoms with Crippen molar-refractivity contribution in [2.45, 2.75) is 81.6 Å². The molecule has 0 amide bonds. The topological polar surface area (TPSA) is 146 Å². The average Bonchev–Trinajstić information content (AvgIpc) is 2.73. The largest absolute Gasteiger partial charge is 0.394 e. The second kappa shape index (κ2) is 7.41. The van der Waals surface area contributed by atoms with Crippen LogP contribution < -0.4 is 0 Å². The predicted octanol–water partition coefficient (Wildman–Crippen LogP) is -1.36. The van der Waals surface area contributed by atoms with Gasteiger partial charge in [0.15, 0.2) is 6.29 Å². The van der Waals surface area contributed by atoms with Gasteiger partial charge in [0, 0.05) is 18.3 Å². The first-order valence-electron chi connectivity index (χ1n) is 9.50. The fraction of sp³-hybridized carbons (Fsp3) is 0.842. The van der Waals surface area contributed by atoms with Gasteiger partial charge >= 0.3 is 0 Å². The predicted molar refractivity (Wildman–Crippen MR) is 95.1 cm³/mol. The van der Waals surface area contributed by atoms with E-state index in [0.717, 1.165) is 0 Å². The van der Waals surface area contributed by atoms with Crippen LogP contribution in [0.2, 0.25) is 0 Å². The number of aliphatic hydroxyl groups excluding tert-OH is 4. The summed E-state index contributed by atoms with van der Waals surface area (Å²) in [6.07, 6.45) is -3.97. The van der Waals surface area contributed by atoms with Gasteiger partial charge in [-0.15, -0.1) is 0 Å². The van der Waals surface area contributed by atoms with Crippen LogP contribution in [0.4, 0.5) is 0 Å². The van der Waals surface area contributed by atoms with E-state index in [1.807, 2.05) is 6.92 Å². The summed E-state index contributed by atoms with van der Waals surface area (Å²) < 4.78 is 16.7. The minimum absolute atomic E-state index is 0.0474. The quantitative estimate of drug-likeness (QED) is 0.352. The van der Waals surface area contributed by atoms with Crippen molar-refractivity contribution in [3.05, 3.63) is 12.2 Å². The van der Waals surface area contributed by atoms with Gasteiger partial charge in [-0.25, -0.2) is 0 Å². The van der Waals surface area contributed by atoms with Gasteiger partial charge in [0.2, 0.25) is 0 Å². The van der Waals surface area contributed by atoms with Crippen molar-refractivity contribution >= 4 is 5.78 Å². The number of hydrogen-bond donors (Lipinski definition) is 5. The van der Waals surface area contributed by atoms with E-state index in [4.69, 9.17) is 14.2 Å². The zero-order chi connectivity index (χ0) is 20.9. The molecule has 3 aliphatic rings. The molecular weight excluding hydrogens is 372 g/mol. The number of ether oxygens (including phenoxy) is 3. The van der Waals surface area contributed by atoms with Crippen molar-refractivity contribution in [3.8, 4) is 0 Å². The highest BCUT2D eigenvalue weighted by Crippen LogP contribution is 2.56. The number of rotatable bonds is 5. The molecule has 0 radical (unpaired) electrons. The van der Waals surface area contributed by atoms with Crippen LogP contribution in [0.25, 0.3) is 0 Å². The van der Waals surface area contributed by atoms with Crippen LogP contribution in [0.3, 0.4) is 0 Å². The molecule has 0 aromatic carbocycles. The number of Topliss-reactive ketones (excluding diaryl/α,β-unsaturated/α-hetero) is 1. The molecule has 9 nitrogen and oxygen atoms in total. The van der Waals surface area contributed by atoms with Gasteiger partial charge in [-0.1, -0.05) is 19.1 Å². The van der Waals surface area contributed by atoms with E-state index in [0.29, 0.717) is 0 Å². The summed E-state index contributed by atoms with van der Waals surface area (Å²) in [5, 5.41) is 50.4. The number of carbonyl (C=O) groups is 1. The number of fused-ring (bicyclic) bond motifs is 2. The zero-order valence-corrected chi connectivity index (χ0v) is 16.3. The molecule has 2 aliphatic heterocycles. The Morgan fingerprint density at radius 3 is 2.50 bits per heavy atom. The zero-order valence-electron chi connectivity index (χ0n) is 16.3. The number of aliphatic hydroxyl groups is 5. The first kappa shape index (κ1) is 21.8. The van der Waals surface area contributed by atoms with Gasteiger partial charge < -0.3 is 39.7 Å². The van der Waals surface area contributed by atoms with Crippen LogP contribution in [-0.2, 0) is 19.0 Å². The van der Waals surface area contributed by atoms with Gasteiger partial charge in [-0.2, -0.15) is 0 Å². The molecule has 0 spiro atoms. The molecule has 5 N–H and O–H groups in total. The van der Waals surface area contributed by atoms with E-state index in [1.54, 1.807) is 26.0 Å². The second-order valence-corrected chi connectivity index (χ2v) is 8.64. The fourth-order valence-corrected chi connectivity index (χ4v) is 4.51. The first-order valence-corrected chi connectivity index (χ1v) is 9.50. The Labute approximate surface area is 163 Å². The Hall–Kier alpha value is -0.910. The molecule has 1 aliphatic carbocycles. The number of ketones is 1. The Balaban J connectivity index is 1.72. The molecule has 3 fully saturated rings. The summed E-state index contributed by atoms with van der Waals surface area (Å²) in [5.74, 6) is 0.0474. The van der Waals surface area contributed by atoms with E-state index in [1.165, 1.54) is 0 Å². The van der Waals surface area contributed by atoms with Gasteiger partial charge in [-0.3, -0.25) is 4.79 Å². The summed E-state index contributed by atoms with van der Waals surface area (Å²) in [5.41, 5.74) is -3.16. The van der Waals surface area contributed by atoms with E-state index < -0.39 is 60.0 Å². The third kappa shape index (κ3) is 3.33. The van der Waals surface area contributed by atoms with Gasteiger partial charge in [0.05, 0.1) is 19.3 Å². The van der Waals surface area contributed by atoms with Gasteiger partial charge in [-0.05, 0) is 13.8 Å². The highest BCUT2D eigenvalue weighted by molar-refractivity contribution is 5.83. The highest BCUT2D eigenvalue weighted by atomic mass is 16.7. The van der Waals surface area contributed by atoms with E-state index in [-0.39, 0.29) is 25.2 Å². The highest BCUT2D eigenvalue weighted by Gasteiger charge is 2.67. The molecule has 2 bridgehead atoms. The summed E-state index contributed by atoms with van der Waals surface area (Å²) in [6, 6.07) is 0. The minimum atomic E-state index is -1.53. The molecule has 160 valence electrons. The molecule has 28 heavy (non-hydrogen) atoms. The van der Waals surface area contributed by atoms with Crippen LogP contribution >= 0.6 is 0 Å². The first-order chi connectivity index (χ1) is 13.0. The smallest absolute Gasteiger partial charge is 0.187 e. The number of hydrogen-bond acceptors (Lipinski definition) is 9. The van der Waals surface area contributed by atoms with E-state index in [2.05, 4.69) is 0 Å². The van der Waals surface area contributed by atoms with Crippen molar-refractivity contribution in [1.82, 2.24) is 0 Å². The molecule has 2 saturated heterocycles. The van der Waals surface area contributed by atoms with Crippen LogP contribution in [0.15, 0.2) is 12.2 Å². The Kier molecular flexibility index (Phi) is 5.76. The van der Waals surface area contributed by atoms with Crippen molar-refractivity contribution in [2.24, 2.45) is 5.41 Å². The lowest BCUT2D eigenvalue weighted by Gasteiger charge is -2.47. The summed E-state index contributed by atoms with van der Waals surface area (Å²) in [6.45, 7) is 4.89. The molecular formula is C19H30O9. The second-order valence-electron chi connectivity index (χ2n) is 8.64. The van der Waals surface area contributed by atoms with Crippen LogP contribution in [-0.4, -0.2) is 92.5 Å². The molecule has 9 heteroatoms. The maximum atomic E-state index is 12.0. The summed E-state index contributed by atoms with van der Waals surface area (Å²) in [7, 11) is 0. The van der Waals surface area contributed by atoms with Crippen molar-refractivity contribution in [2.75, 3.05) is 13.2 Å². The molecule has 2 heterocycles. The molecule has 3 rings (SSSR count). The van der Waals surface area contributed by atoms with Gasteiger partial charge in [0.25, 0.3) is 0 Å². The monoisotopic (exact) mass is 402 g/mol. The lowest BCUT2D eigenvalue weighted by Crippen LogP contribution is -2.60. The average molecular weight is 402 g/mol. The third-order valence-corrected chi connectivity index (χ3v) is 6.36. The maximum Gasteiger partial charge on any atom is 0.187 e. The van der Waals surface area contributed by atoms with Crippen LogP contribution in [0.5, 0.6) is 0 Å². The molecule has 9 atom stereocenters. The number of carbonyl (C=O) groups excluding carboxylic acids is 1. The van der Waals surface area contributed by atoms with E-state index in [9.17, 15) is 30.3 Å². The van der Waals surface area contributed by atoms with Crippen LogP contribution in [0, 0.1) is 5.41 Å². The van der Waals surface area contributed by atoms with Crippen LogP contribution in [0.1, 0.15) is 33.6 Å². The van der Waals surface area contributed by atoms with Crippen molar-refractivity contribution in [3.63, 3.8) is 0 Å².